The number of carbonyl (C=O) groups excluding carboxylic acids is 1. The van der Waals surface area contributed by atoms with Crippen molar-refractivity contribution >= 4 is 15.9 Å². The summed E-state index contributed by atoms with van der Waals surface area (Å²) in [7, 11) is -4.28. The van der Waals surface area contributed by atoms with E-state index < -0.39 is 20.9 Å². The second-order valence-electron chi connectivity index (χ2n) is 7.30. The van der Waals surface area contributed by atoms with Crippen LogP contribution >= 0.6 is 0 Å². The van der Waals surface area contributed by atoms with Gasteiger partial charge in [-0.25, -0.2) is 0 Å². The van der Waals surface area contributed by atoms with Crippen LogP contribution in [-0.2, 0) is 14.9 Å². The predicted octanol–water partition coefficient (Wildman–Crippen LogP) is 1.69. The SMILES string of the molecule is CC1CCN1[C@H]([C@@]12CC[C@H](CC1=O)C2(C)C)S(=O)(=O)O. The fourth-order valence-electron chi connectivity index (χ4n) is 4.88. The molecule has 2 saturated carbocycles. The zero-order chi connectivity index (χ0) is 14.9. The molecule has 2 bridgehead atoms. The standard InChI is InChI=1S/C14H23NO4S/c1-9-5-7-15(9)12(20(17,18)19)14-6-4-10(8-11(14)16)13(14,2)3/h9-10,12H,4-8H2,1-3H3,(H,17,18,19)/t9?,10-,12+,14-/m1/s1. The number of Topliss-reactive ketones (excluding diaryl/α,β-unsaturated/α-hetero) is 1. The van der Waals surface area contributed by atoms with E-state index in [9.17, 15) is 17.8 Å². The van der Waals surface area contributed by atoms with Gasteiger partial charge in [-0.15, -0.1) is 0 Å². The summed E-state index contributed by atoms with van der Waals surface area (Å²) in [6, 6.07) is 0.111. The highest BCUT2D eigenvalue weighted by Crippen LogP contribution is 2.67. The lowest BCUT2D eigenvalue weighted by Gasteiger charge is -2.51. The molecule has 1 aliphatic heterocycles. The van der Waals surface area contributed by atoms with E-state index in [4.69, 9.17) is 0 Å². The Morgan fingerprint density at radius 2 is 2.00 bits per heavy atom. The Morgan fingerprint density at radius 3 is 2.30 bits per heavy atom. The molecule has 1 N–H and O–H groups in total. The molecule has 6 heteroatoms. The molecule has 1 heterocycles. The van der Waals surface area contributed by atoms with E-state index in [0.717, 1.165) is 12.8 Å². The van der Waals surface area contributed by atoms with Crippen LogP contribution in [0, 0.1) is 16.7 Å². The molecule has 3 aliphatic rings. The molecule has 0 amide bonds. The maximum absolute atomic E-state index is 12.6. The molecule has 0 aromatic rings. The quantitative estimate of drug-likeness (QED) is 0.803. The number of ketones is 1. The summed E-state index contributed by atoms with van der Waals surface area (Å²) in [4.78, 5) is 14.4. The van der Waals surface area contributed by atoms with Crippen LogP contribution in [0.5, 0.6) is 0 Å². The molecule has 0 spiro atoms. The Hall–Kier alpha value is -0.460. The molecular formula is C14H23NO4S. The summed E-state index contributed by atoms with van der Waals surface area (Å²) >= 11 is 0. The van der Waals surface area contributed by atoms with Gasteiger partial charge in [-0.2, -0.15) is 8.42 Å². The van der Waals surface area contributed by atoms with Crippen molar-refractivity contribution in [1.29, 1.82) is 0 Å². The third-order valence-corrected chi connectivity index (χ3v) is 7.60. The van der Waals surface area contributed by atoms with Gasteiger partial charge >= 0.3 is 0 Å². The van der Waals surface area contributed by atoms with Crippen LogP contribution in [0.1, 0.15) is 46.5 Å². The third-order valence-electron chi connectivity index (χ3n) is 6.36. The summed E-state index contributed by atoms with van der Waals surface area (Å²) in [6.45, 7) is 6.59. The monoisotopic (exact) mass is 301 g/mol. The van der Waals surface area contributed by atoms with E-state index in [1.807, 2.05) is 25.7 Å². The fourth-order valence-corrected chi connectivity index (χ4v) is 6.60. The zero-order valence-electron chi connectivity index (χ0n) is 12.3. The number of nitrogens with zero attached hydrogens (tertiary/aromatic N) is 1. The first-order valence-corrected chi connectivity index (χ1v) is 8.88. The molecule has 0 aromatic heterocycles. The molecule has 20 heavy (non-hydrogen) atoms. The van der Waals surface area contributed by atoms with Gasteiger partial charge in [-0.05, 0) is 37.5 Å². The van der Waals surface area contributed by atoms with Crippen LogP contribution in [0.4, 0.5) is 0 Å². The van der Waals surface area contributed by atoms with Gasteiger partial charge in [0.25, 0.3) is 10.1 Å². The second-order valence-corrected chi connectivity index (χ2v) is 8.78. The van der Waals surface area contributed by atoms with E-state index >= 15 is 0 Å². The minimum Gasteiger partial charge on any atom is -0.299 e. The minimum absolute atomic E-state index is 0.0282. The van der Waals surface area contributed by atoms with Gasteiger partial charge in [0.1, 0.15) is 5.78 Å². The zero-order valence-corrected chi connectivity index (χ0v) is 13.1. The third kappa shape index (κ3) is 1.56. The summed E-state index contributed by atoms with van der Waals surface area (Å²) in [6.07, 6.45) is 2.84. The Bertz CT molecular complexity index is 556. The number of hydrogen-bond acceptors (Lipinski definition) is 4. The van der Waals surface area contributed by atoms with E-state index in [1.54, 1.807) is 0 Å². The average Bonchev–Trinajstić information content (AvgIpc) is 2.66. The van der Waals surface area contributed by atoms with Crippen LogP contribution in [0.15, 0.2) is 0 Å². The summed E-state index contributed by atoms with van der Waals surface area (Å²) in [5.74, 6) is 0.274. The fraction of sp³-hybridized carbons (Fsp3) is 0.929. The number of likely N-dealkylation sites (tertiary alicyclic amines) is 1. The molecule has 5 nitrogen and oxygen atoms in total. The summed E-state index contributed by atoms with van der Waals surface area (Å²) in [5, 5.41) is -1.06. The number of rotatable bonds is 3. The number of hydrogen-bond donors (Lipinski definition) is 1. The normalized spacial score (nSPS) is 41.7. The number of fused-ring (bicyclic) bond motifs is 2. The van der Waals surface area contributed by atoms with Gasteiger partial charge in [0.15, 0.2) is 5.37 Å². The smallest absolute Gasteiger partial charge is 0.282 e. The Morgan fingerprint density at radius 1 is 1.35 bits per heavy atom. The highest BCUT2D eigenvalue weighted by atomic mass is 32.2. The van der Waals surface area contributed by atoms with E-state index in [2.05, 4.69) is 0 Å². The lowest BCUT2D eigenvalue weighted by atomic mass is 9.67. The molecule has 0 aromatic carbocycles. The van der Waals surface area contributed by atoms with Crippen molar-refractivity contribution in [2.45, 2.75) is 57.9 Å². The van der Waals surface area contributed by atoms with Crippen molar-refractivity contribution in [3.63, 3.8) is 0 Å². The van der Waals surface area contributed by atoms with Crippen molar-refractivity contribution < 1.29 is 17.8 Å². The minimum atomic E-state index is -4.28. The Labute approximate surface area is 120 Å². The van der Waals surface area contributed by atoms with Gasteiger partial charge in [-0.3, -0.25) is 14.2 Å². The maximum atomic E-state index is 12.6. The molecule has 1 unspecified atom stereocenters. The van der Waals surface area contributed by atoms with Crippen molar-refractivity contribution in [2.75, 3.05) is 6.54 Å². The van der Waals surface area contributed by atoms with Gasteiger partial charge in [0.05, 0.1) is 5.41 Å². The summed E-state index contributed by atoms with van der Waals surface area (Å²) < 4.78 is 34.0. The van der Waals surface area contributed by atoms with Gasteiger partial charge in [0, 0.05) is 19.0 Å². The number of carbonyl (C=O) groups is 1. The Kier molecular flexibility index (Phi) is 2.93. The molecule has 1 saturated heterocycles. The van der Waals surface area contributed by atoms with Gasteiger partial charge < -0.3 is 0 Å². The van der Waals surface area contributed by atoms with Crippen molar-refractivity contribution in [3.8, 4) is 0 Å². The second kappa shape index (κ2) is 4.05. The van der Waals surface area contributed by atoms with Crippen LogP contribution < -0.4 is 0 Å². The molecule has 3 rings (SSSR count). The highest BCUT2D eigenvalue weighted by Gasteiger charge is 2.71. The van der Waals surface area contributed by atoms with E-state index in [1.165, 1.54) is 0 Å². The highest BCUT2D eigenvalue weighted by molar-refractivity contribution is 7.86. The predicted molar refractivity (Wildman–Crippen MR) is 74.7 cm³/mol. The topological polar surface area (TPSA) is 74.7 Å². The molecule has 0 radical (unpaired) electrons. The molecule has 4 atom stereocenters. The van der Waals surface area contributed by atoms with Crippen molar-refractivity contribution in [3.05, 3.63) is 0 Å². The average molecular weight is 301 g/mol. The maximum Gasteiger partial charge on any atom is 0.282 e. The van der Waals surface area contributed by atoms with Crippen LogP contribution in [-0.4, -0.2) is 41.6 Å². The lowest BCUT2D eigenvalue weighted by molar-refractivity contribution is -0.134. The summed E-state index contributed by atoms with van der Waals surface area (Å²) in [5.41, 5.74) is -1.29. The van der Waals surface area contributed by atoms with Gasteiger partial charge in [0.2, 0.25) is 0 Å². The van der Waals surface area contributed by atoms with E-state index in [-0.39, 0.29) is 23.2 Å². The first kappa shape index (κ1) is 14.5. The molecule has 2 aliphatic carbocycles. The van der Waals surface area contributed by atoms with Crippen LogP contribution in [0.2, 0.25) is 0 Å². The lowest BCUT2D eigenvalue weighted by Crippen LogP contribution is -2.64. The first-order chi connectivity index (χ1) is 9.12. The van der Waals surface area contributed by atoms with Crippen LogP contribution in [0.25, 0.3) is 0 Å². The van der Waals surface area contributed by atoms with Crippen molar-refractivity contribution in [1.82, 2.24) is 4.90 Å². The molecule has 114 valence electrons. The largest absolute Gasteiger partial charge is 0.299 e. The van der Waals surface area contributed by atoms with E-state index in [0.29, 0.717) is 19.4 Å². The molecule has 3 fully saturated rings. The van der Waals surface area contributed by atoms with Crippen molar-refractivity contribution in [2.24, 2.45) is 16.7 Å². The molecular weight excluding hydrogens is 278 g/mol. The van der Waals surface area contributed by atoms with Gasteiger partial charge in [-0.1, -0.05) is 13.8 Å². The Balaban J connectivity index is 2.13. The first-order valence-electron chi connectivity index (χ1n) is 7.37. The van der Waals surface area contributed by atoms with Crippen LogP contribution in [0.3, 0.4) is 0 Å².